The van der Waals surface area contributed by atoms with Gasteiger partial charge in [-0.15, -0.1) is 0 Å². The van der Waals surface area contributed by atoms with Gasteiger partial charge in [-0.3, -0.25) is 4.79 Å². The highest BCUT2D eigenvalue weighted by Gasteiger charge is 2.36. The Balaban J connectivity index is 1.99. The summed E-state index contributed by atoms with van der Waals surface area (Å²) in [5.41, 5.74) is 0. The van der Waals surface area contributed by atoms with Gasteiger partial charge in [-0.05, 0) is 31.1 Å². The Morgan fingerprint density at radius 2 is 2.11 bits per heavy atom. The molecule has 5 heteroatoms. The van der Waals surface area contributed by atoms with E-state index in [0.717, 1.165) is 19.3 Å². The molecule has 0 aromatic rings. The third kappa shape index (κ3) is 5.89. The Morgan fingerprint density at radius 1 is 1.39 bits per heavy atom. The summed E-state index contributed by atoms with van der Waals surface area (Å²) in [6.07, 6.45) is 3.91. The molecule has 0 spiro atoms. The quantitative estimate of drug-likeness (QED) is 0.621. The molecule has 0 saturated heterocycles. The molecule has 1 aliphatic rings. The number of urea groups is 1. The molecular formula is C13H24N2O3. The van der Waals surface area contributed by atoms with E-state index in [1.807, 2.05) is 6.92 Å². The van der Waals surface area contributed by atoms with Crippen LogP contribution in [0.4, 0.5) is 4.79 Å². The molecule has 18 heavy (non-hydrogen) atoms. The van der Waals surface area contributed by atoms with Gasteiger partial charge in [0.15, 0.2) is 0 Å². The molecule has 0 radical (unpaired) electrons. The van der Waals surface area contributed by atoms with Crippen LogP contribution in [0.2, 0.25) is 0 Å². The summed E-state index contributed by atoms with van der Waals surface area (Å²) < 4.78 is 0. The molecule has 1 fully saturated rings. The maximum atomic E-state index is 11.5. The summed E-state index contributed by atoms with van der Waals surface area (Å²) in [5.74, 6) is 0.225. The molecular weight excluding hydrogens is 232 g/mol. The van der Waals surface area contributed by atoms with Gasteiger partial charge in [0.1, 0.15) is 0 Å². The summed E-state index contributed by atoms with van der Waals surface area (Å²) >= 11 is 0. The maximum Gasteiger partial charge on any atom is 0.315 e. The molecule has 1 aliphatic carbocycles. The second kappa shape index (κ2) is 7.24. The largest absolute Gasteiger partial charge is 0.481 e. The highest BCUT2D eigenvalue weighted by Crippen LogP contribution is 2.32. The summed E-state index contributed by atoms with van der Waals surface area (Å²) in [7, 11) is 0. The van der Waals surface area contributed by atoms with Gasteiger partial charge in [0.25, 0.3) is 0 Å². The molecule has 2 amide bonds. The zero-order valence-electron chi connectivity index (χ0n) is 11.2. The predicted octanol–water partition coefficient (Wildman–Crippen LogP) is 1.98. The van der Waals surface area contributed by atoms with Crippen molar-refractivity contribution in [2.45, 2.75) is 52.0 Å². The van der Waals surface area contributed by atoms with Crippen molar-refractivity contribution in [3.8, 4) is 0 Å². The van der Waals surface area contributed by atoms with E-state index in [0.29, 0.717) is 30.8 Å². The number of rotatable bonds is 8. The minimum atomic E-state index is -0.758. The summed E-state index contributed by atoms with van der Waals surface area (Å²) in [6.45, 7) is 4.75. The summed E-state index contributed by atoms with van der Waals surface area (Å²) in [4.78, 5) is 21.9. The molecule has 1 rings (SSSR count). The van der Waals surface area contributed by atoms with Crippen molar-refractivity contribution >= 4 is 12.0 Å². The Bertz CT molecular complexity index is 294. The van der Waals surface area contributed by atoms with E-state index < -0.39 is 5.97 Å². The molecule has 0 heterocycles. The fraction of sp³-hybridized carbons (Fsp3) is 0.846. The van der Waals surface area contributed by atoms with Gasteiger partial charge in [0.05, 0.1) is 0 Å². The normalized spacial score (nSPS) is 23.2. The molecule has 0 bridgehead atoms. The van der Waals surface area contributed by atoms with Crippen molar-refractivity contribution < 1.29 is 14.7 Å². The van der Waals surface area contributed by atoms with Gasteiger partial charge >= 0.3 is 12.0 Å². The van der Waals surface area contributed by atoms with E-state index in [1.54, 1.807) is 0 Å². The molecule has 5 nitrogen and oxygen atoms in total. The SMILES string of the molecule is CCC1CC1NC(=O)NCCC(C)CCC(=O)O. The number of nitrogens with one attached hydrogen (secondary N) is 2. The minimum Gasteiger partial charge on any atom is -0.481 e. The number of aliphatic carboxylic acids is 1. The number of hydrogen-bond donors (Lipinski definition) is 3. The van der Waals surface area contributed by atoms with Crippen LogP contribution in [0.1, 0.15) is 46.0 Å². The summed E-state index contributed by atoms with van der Waals surface area (Å²) in [6, 6.07) is 0.265. The van der Waals surface area contributed by atoms with Crippen LogP contribution in [-0.2, 0) is 4.79 Å². The predicted molar refractivity (Wildman–Crippen MR) is 69.4 cm³/mol. The number of carbonyl (C=O) groups is 2. The van der Waals surface area contributed by atoms with Crippen LogP contribution in [0.25, 0.3) is 0 Å². The summed E-state index contributed by atoms with van der Waals surface area (Å²) in [5, 5.41) is 14.3. The number of carboxylic acids is 1. The van der Waals surface area contributed by atoms with Crippen LogP contribution in [0, 0.1) is 11.8 Å². The molecule has 104 valence electrons. The second-order valence-corrected chi connectivity index (χ2v) is 5.24. The van der Waals surface area contributed by atoms with E-state index in [1.165, 1.54) is 0 Å². The topological polar surface area (TPSA) is 78.4 Å². The van der Waals surface area contributed by atoms with E-state index in [9.17, 15) is 9.59 Å². The fourth-order valence-electron chi connectivity index (χ4n) is 2.04. The zero-order valence-corrected chi connectivity index (χ0v) is 11.2. The first-order chi connectivity index (χ1) is 8.52. The molecule has 3 atom stereocenters. The lowest BCUT2D eigenvalue weighted by atomic mass is 10.0. The first kappa shape index (κ1) is 14.8. The molecule has 3 unspecified atom stereocenters. The molecule has 3 N–H and O–H groups in total. The van der Waals surface area contributed by atoms with Gasteiger partial charge in [-0.25, -0.2) is 4.79 Å². The van der Waals surface area contributed by atoms with Crippen molar-refractivity contribution in [2.75, 3.05) is 6.54 Å². The average Bonchev–Trinajstić information content (AvgIpc) is 3.04. The smallest absolute Gasteiger partial charge is 0.315 e. The number of carboxylic acid groups (broad SMARTS) is 1. The Morgan fingerprint density at radius 3 is 2.67 bits per heavy atom. The maximum absolute atomic E-state index is 11.5. The Hall–Kier alpha value is -1.26. The van der Waals surface area contributed by atoms with E-state index in [-0.39, 0.29) is 12.5 Å². The zero-order chi connectivity index (χ0) is 13.5. The van der Waals surface area contributed by atoms with Crippen LogP contribution in [0.5, 0.6) is 0 Å². The lowest BCUT2D eigenvalue weighted by Crippen LogP contribution is -2.38. The third-order valence-corrected chi connectivity index (χ3v) is 3.54. The van der Waals surface area contributed by atoms with Gasteiger partial charge < -0.3 is 15.7 Å². The minimum absolute atomic E-state index is 0.0959. The first-order valence-electron chi connectivity index (χ1n) is 6.79. The first-order valence-corrected chi connectivity index (χ1v) is 6.79. The standard InChI is InChI=1S/C13H24N2O3/c1-3-10-8-11(10)15-13(18)14-7-6-9(2)4-5-12(16)17/h9-11H,3-8H2,1-2H3,(H,16,17)(H2,14,15,18). The molecule has 0 aromatic heterocycles. The average molecular weight is 256 g/mol. The van der Waals surface area contributed by atoms with Crippen molar-refractivity contribution in [1.82, 2.24) is 10.6 Å². The lowest BCUT2D eigenvalue weighted by molar-refractivity contribution is -0.137. The molecule has 0 aliphatic heterocycles. The highest BCUT2D eigenvalue weighted by atomic mass is 16.4. The van der Waals surface area contributed by atoms with E-state index >= 15 is 0 Å². The third-order valence-electron chi connectivity index (χ3n) is 3.54. The second-order valence-electron chi connectivity index (χ2n) is 5.24. The van der Waals surface area contributed by atoms with Gasteiger partial charge in [0.2, 0.25) is 0 Å². The van der Waals surface area contributed by atoms with Crippen molar-refractivity contribution in [2.24, 2.45) is 11.8 Å². The van der Waals surface area contributed by atoms with Crippen LogP contribution >= 0.6 is 0 Å². The molecule has 1 saturated carbocycles. The monoisotopic (exact) mass is 256 g/mol. The number of carbonyl (C=O) groups excluding carboxylic acids is 1. The molecule has 0 aromatic carbocycles. The van der Waals surface area contributed by atoms with Gasteiger partial charge in [-0.1, -0.05) is 20.3 Å². The Labute approximate surface area is 108 Å². The van der Waals surface area contributed by atoms with Crippen LogP contribution in [0.15, 0.2) is 0 Å². The number of amides is 2. The van der Waals surface area contributed by atoms with Gasteiger partial charge in [-0.2, -0.15) is 0 Å². The van der Waals surface area contributed by atoms with Crippen molar-refractivity contribution in [3.05, 3.63) is 0 Å². The fourth-order valence-corrected chi connectivity index (χ4v) is 2.04. The van der Waals surface area contributed by atoms with E-state index in [2.05, 4.69) is 17.6 Å². The Kier molecular flexibility index (Phi) is 5.95. The van der Waals surface area contributed by atoms with Gasteiger partial charge in [0, 0.05) is 19.0 Å². The van der Waals surface area contributed by atoms with Crippen LogP contribution < -0.4 is 10.6 Å². The van der Waals surface area contributed by atoms with Crippen LogP contribution in [-0.4, -0.2) is 29.7 Å². The van der Waals surface area contributed by atoms with Crippen LogP contribution in [0.3, 0.4) is 0 Å². The van der Waals surface area contributed by atoms with Crippen molar-refractivity contribution in [1.29, 1.82) is 0 Å². The lowest BCUT2D eigenvalue weighted by Gasteiger charge is -2.11. The van der Waals surface area contributed by atoms with E-state index in [4.69, 9.17) is 5.11 Å². The number of hydrogen-bond acceptors (Lipinski definition) is 2. The van der Waals surface area contributed by atoms with Crippen molar-refractivity contribution in [3.63, 3.8) is 0 Å². The highest BCUT2D eigenvalue weighted by molar-refractivity contribution is 5.74.